The minimum Gasteiger partial charge on any atom is -0.412 e. The maximum Gasteiger partial charge on any atom is 0.243 e. The standard InChI is InChI=1S/C14H18N2O3.H2O/c1-5-6-7-8-9-10-11-18-16(13(2)17)12-14(3,4)19-15;/h11-12,15H2,1-4H3;1H2. The molecule has 110 valence electrons. The van der Waals surface area contributed by atoms with Crippen molar-refractivity contribution in [2.45, 2.75) is 33.3 Å². The maximum absolute atomic E-state index is 11.4. The SMILES string of the molecule is CC#CC#CC#CCON(CC(C)(C)ON)C(C)=O.O. The molecule has 0 saturated carbocycles. The minimum absolute atomic E-state index is 0. The van der Waals surface area contributed by atoms with Gasteiger partial charge >= 0.3 is 0 Å². The van der Waals surface area contributed by atoms with Gasteiger partial charge in [-0.2, -0.15) is 0 Å². The summed E-state index contributed by atoms with van der Waals surface area (Å²) in [6.45, 7) is 6.82. The fourth-order valence-electron chi connectivity index (χ4n) is 0.946. The molecule has 1 amide bonds. The Balaban J connectivity index is 0. The summed E-state index contributed by atoms with van der Waals surface area (Å²) >= 11 is 0. The molecule has 0 heterocycles. The number of amides is 1. The van der Waals surface area contributed by atoms with Gasteiger partial charge in [-0.05, 0) is 44.5 Å². The van der Waals surface area contributed by atoms with Gasteiger partial charge in [0.2, 0.25) is 5.91 Å². The van der Waals surface area contributed by atoms with Gasteiger partial charge in [-0.3, -0.25) is 14.5 Å². The van der Waals surface area contributed by atoms with Crippen molar-refractivity contribution in [3.8, 4) is 35.5 Å². The van der Waals surface area contributed by atoms with E-state index in [1.54, 1.807) is 20.8 Å². The van der Waals surface area contributed by atoms with Crippen molar-refractivity contribution < 1.29 is 19.9 Å². The molecular weight excluding hydrogens is 260 g/mol. The van der Waals surface area contributed by atoms with E-state index in [9.17, 15) is 4.79 Å². The van der Waals surface area contributed by atoms with Gasteiger partial charge in [0.15, 0.2) is 0 Å². The van der Waals surface area contributed by atoms with Crippen molar-refractivity contribution in [3.05, 3.63) is 0 Å². The molecule has 0 unspecified atom stereocenters. The van der Waals surface area contributed by atoms with Crippen molar-refractivity contribution in [1.29, 1.82) is 0 Å². The van der Waals surface area contributed by atoms with Crippen LogP contribution in [0.5, 0.6) is 0 Å². The lowest BCUT2D eigenvalue weighted by atomic mass is 10.1. The predicted molar refractivity (Wildman–Crippen MR) is 75.3 cm³/mol. The smallest absolute Gasteiger partial charge is 0.243 e. The van der Waals surface area contributed by atoms with Gasteiger partial charge in [-0.25, -0.2) is 11.0 Å². The fraction of sp³-hybridized carbons (Fsp3) is 0.500. The van der Waals surface area contributed by atoms with E-state index in [-0.39, 0.29) is 24.5 Å². The van der Waals surface area contributed by atoms with Crippen LogP contribution in [0.2, 0.25) is 0 Å². The summed E-state index contributed by atoms with van der Waals surface area (Å²) < 4.78 is 0. The third-order valence-electron chi connectivity index (χ3n) is 1.89. The summed E-state index contributed by atoms with van der Waals surface area (Å²) in [5, 5.41) is 1.15. The van der Waals surface area contributed by atoms with E-state index in [1.165, 1.54) is 6.92 Å². The summed E-state index contributed by atoms with van der Waals surface area (Å²) in [7, 11) is 0. The molecule has 0 aromatic heterocycles. The van der Waals surface area contributed by atoms with E-state index < -0.39 is 5.60 Å². The monoisotopic (exact) mass is 280 g/mol. The third-order valence-corrected chi connectivity index (χ3v) is 1.89. The first-order valence-electron chi connectivity index (χ1n) is 5.61. The van der Waals surface area contributed by atoms with Gasteiger partial charge < -0.3 is 5.48 Å². The molecule has 0 rings (SSSR count). The Morgan fingerprint density at radius 3 is 2.35 bits per heavy atom. The van der Waals surface area contributed by atoms with Gasteiger partial charge in [0.25, 0.3) is 0 Å². The molecule has 0 radical (unpaired) electrons. The summed E-state index contributed by atoms with van der Waals surface area (Å²) in [6, 6.07) is 0. The van der Waals surface area contributed by atoms with E-state index in [2.05, 4.69) is 35.5 Å². The van der Waals surface area contributed by atoms with Crippen molar-refractivity contribution in [2.75, 3.05) is 13.2 Å². The fourth-order valence-corrected chi connectivity index (χ4v) is 0.946. The summed E-state index contributed by atoms with van der Waals surface area (Å²) in [4.78, 5) is 21.3. The van der Waals surface area contributed by atoms with Crippen LogP contribution >= 0.6 is 0 Å². The minimum atomic E-state index is -0.699. The highest BCUT2D eigenvalue weighted by Crippen LogP contribution is 2.09. The zero-order chi connectivity index (χ0) is 14.7. The molecule has 0 aliphatic rings. The highest BCUT2D eigenvalue weighted by atomic mass is 16.7. The first-order valence-corrected chi connectivity index (χ1v) is 5.61. The molecule has 0 fully saturated rings. The van der Waals surface area contributed by atoms with Crippen LogP contribution in [0.4, 0.5) is 0 Å². The Bertz CT molecular complexity index is 481. The van der Waals surface area contributed by atoms with E-state index >= 15 is 0 Å². The van der Waals surface area contributed by atoms with Crippen LogP contribution in [0.1, 0.15) is 27.7 Å². The number of hydrogen-bond donors (Lipinski definition) is 1. The number of carbonyl (C=O) groups is 1. The summed E-state index contributed by atoms with van der Waals surface area (Å²) in [5.74, 6) is 20.3. The van der Waals surface area contributed by atoms with E-state index in [0.29, 0.717) is 0 Å². The molecule has 0 atom stereocenters. The molecule has 0 spiro atoms. The van der Waals surface area contributed by atoms with E-state index in [4.69, 9.17) is 15.6 Å². The molecule has 6 heteroatoms. The molecule has 6 nitrogen and oxygen atoms in total. The van der Waals surface area contributed by atoms with Crippen LogP contribution in [0, 0.1) is 35.5 Å². The molecular formula is C14H20N2O4. The molecule has 0 aliphatic carbocycles. The van der Waals surface area contributed by atoms with Crippen molar-refractivity contribution in [1.82, 2.24) is 5.06 Å². The van der Waals surface area contributed by atoms with E-state index in [0.717, 1.165) is 5.06 Å². The largest absolute Gasteiger partial charge is 0.412 e. The third kappa shape index (κ3) is 9.96. The summed E-state index contributed by atoms with van der Waals surface area (Å²) in [5.41, 5.74) is -0.699. The predicted octanol–water partition coefficient (Wildman–Crippen LogP) is -0.359. The topological polar surface area (TPSA) is 96.3 Å². The van der Waals surface area contributed by atoms with Gasteiger partial charge in [0, 0.05) is 6.92 Å². The molecule has 0 bridgehead atoms. The van der Waals surface area contributed by atoms with Crippen LogP contribution in [-0.4, -0.2) is 35.2 Å². The normalized spacial score (nSPS) is 8.65. The number of nitrogens with zero attached hydrogens (tertiary/aromatic N) is 1. The van der Waals surface area contributed by atoms with Crippen molar-refractivity contribution >= 4 is 5.91 Å². The Morgan fingerprint density at radius 1 is 1.25 bits per heavy atom. The zero-order valence-electron chi connectivity index (χ0n) is 12.2. The summed E-state index contributed by atoms with van der Waals surface area (Å²) in [6.07, 6.45) is 0. The van der Waals surface area contributed by atoms with Gasteiger partial charge in [-0.15, -0.1) is 0 Å². The Hall–Kier alpha value is -2.01. The molecule has 0 aliphatic heterocycles. The van der Waals surface area contributed by atoms with Gasteiger partial charge in [0.05, 0.1) is 6.54 Å². The molecule has 0 saturated heterocycles. The Morgan fingerprint density at radius 2 is 1.85 bits per heavy atom. The quantitative estimate of drug-likeness (QED) is 0.549. The Labute approximate surface area is 119 Å². The molecule has 4 N–H and O–H groups in total. The van der Waals surface area contributed by atoms with Crippen LogP contribution in [0.15, 0.2) is 0 Å². The lowest BCUT2D eigenvalue weighted by molar-refractivity contribution is -0.196. The van der Waals surface area contributed by atoms with Crippen LogP contribution in [0.25, 0.3) is 0 Å². The second kappa shape index (κ2) is 10.9. The number of nitrogens with two attached hydrogens (primary N) is 1. The van der Waals surface area contributed by atoms with Crippen LogP contribution in [-0.2, 0) is 14.5 Å². The van der Waals surface area contributed by atoms with Crippen LogP contribution < -0.4 is 5.90 Å². The number of hydrogen-bond acceptors (Lipinski definition) is 4. The highest BCUT2D eigenvalue weighted by Gasteiger charge is 2.24. The van der Waals surface area contributed by atoms with Gasteiger partial charge in [-0.1, -0.05) is 11.8 Å². The molecule has 0 aromatic carbocycles. The number of rotatable bonds is 5. The second-order valence-corrected chi connectivity index (χ2v) is 4.13. The van der Waals surface area contributed by atoms with Gasteiger partial charge in [0.1, 0.15) is 12.2 Å². The van der Waals surface area contributed by atoms with E-state index in [1.807, 2.05) is 0 Å². The first-order chi connectivity index (χ1) is 8.93. The van der Waals surface area contributed by atoms with Crippen molar-refractivity contribution in [2.24, 2.45) is 5.90 Å². The number of carbonyl (C=O) groups excluding carboxylic acids is 1. The maximum atomic E-state index is 11.4. The highest BCUT2D eigenvalue weighted by molar-refractivity contribution is 5.72. The second-order valence-electron chi connectivity index (χ2n) is 4.13. The molecule has 20 heavy (non-hydrogen) atoms. The lowest BCUT2D eigenvalue weighted by Gasteiger charge is -2.28. The average molecular weight is 280 g/mol. The lowest BCUT2D eigenvalue weighted by Crippen LogP contribution is -2.44. The Kier molecular flexibility index (Phi) is 11.0. The van der Waals surface area contributed by atoms with Crippen LogP contribution in [0.3, 0.4) is 0 Å². The average Bonchev–Trinajstić information content (AvgIpc) is 2.36. The number of hydroxylamine groups is 2. The zero-order valence-corrected chi connectivity index (χ0v) is 12.2. The molecule has 0 aromatic rings. The first kappa shape index (κ1) is 20.3. The van der Waals surface area contributed by atoms with Crippen molar-refractivity contribution in [3.63, 3.8) is 0 Å².